The number of thioether (sulfide) groups is 1. The molecule has 4 nitrogen and oxygen atoms in total. The molecular formula is C17H19N3OS3. The highest BCUT2D eigenvalue weighted by Gasteiger charge is 2.56. The van der Waals surface area contributed by atoms with Gasteiger partial charge in [-0.25, -0.2) is 0 Å². The number of carbonyl (C=O) groups excluding carboxylic acids is 1. The maximum absolute atomic E-state index is 12.9. The fourth-order valence-electron chi connectivity index (χ4n) is 4.16. The molecule has 1 aliphatic heterocycles. The van der Waals surface area contributed by atoms with Gasteiger partial charge in [0.2, 0.25) is 5.91 Å². The molecule has 2 aliphatic rings. The van der Waals surface area contributed by atoms with Crippen LogP contribution < -0.4 is 0 Å². The Labute approximate surface area is 154 Å². The Morgan fingerprint density at radius 1 is 1.42 bits per heavy atom. The van der Waals surface area contributed by atoms with Crippen molar-refractivity contribution >= 4 is 41.2 Å². The Kier molecular flexibility index (Phi) is 4.49. The van der Waals surface area contributed by atoms with Crippen LogP contribution in [-0.4, -0.2) is 33.3 Å². The van der Waals surface area contributed by atoms with Crippen LogP contribution in [0.25, 0.3) is 0 Å². The minimum atomic E-state index is -0.0741. The summed E-state index contributed by atoms with van der Waals surface area (Å²) in [5, 5.41) is 6.90. The number of fused-ring (bicyclic) bond motifs is 1. The molecule has 0 bridgehead atoms. The van der Waals surface area contributed by atoms with E-state index in [-0.39, 0.29) is 11.4 Å². The zero-order chi connectivity index (χ0) is 16.6. The largest absolute Gasteiger partial charge is 0.331 e. The number of rotatable bonds is 4. The van der Waals surface area contributed by atoms with Gasteiger partial charge in [-0.3, -0.25) is 9.89 Å². The van der Waals surface area contributed by atoms with Crippen LogP contribution in [0.4, 0.5) is 0 Å². The Morgan fingerprint density at radius 3 is 2.96 bits per heavy atom. The minimum Gasteiger partial charge on any atom is -0.331 e. The monoisotopic (exact) mass is 377 g/mol. The molecule has 2 aromatic rings. The highest BCUT2D eigenvalue weighted by molar-refractivity contribution is 8.01. The molecule has 1 aliphatic carbocycles. The number of carbonyl (C=O) groups is 1. The first kappa shape index (κ1) is 16.3. The van der Waals surface area contributed by atoms with Gasteiger partial charge in [0.05, 0.1) is 11.3 Å². The fourth-order valence-corrected chi connectivity index (χ4v) is 6.12. The number of benzene rings is 1. The highest BCUT2D eigenvalue weighted by Crippen LogP contribution is 2.53. The molecule has 4 rings (SSSR count). The van der Waals surface area contributed by atoms with Gasteiger partial charge in [0, 0.05) is 12.5 Å². The third-order valence-corrected chi connectivity index (χ3v) is 7.45. The smallest absolute Gasteiger partial charge is 0.233 e. The summed E-state index contributed by atoms with van der Waals surface area (Å²) < 4.78 is 1.49. The molecule has 1 saturated carbocycles. The number of likely N-dealkylation sites (tertiary alicyclic amines) is 1. The maximum atomic E-state index is 12.9. The predicted molar refractivity (Wildman–Crippen MR) is 99.8 cm³/mol. The average molecular weight is 378 g/mol. The number of nitrogens with one attached hydrogen (secondary N) is 1. The molecule has 126 valence electrons. The molecule has 1 saturated heterocycles. The molecule has 2 heterocycles. The summed E-state index contributed by atoms with van der Waals surface area (Å²) >= 11 is 7.95. The van der Waals surface area contributed by atoms with Crippen molar-refractivity contribution in [2.24, 2.45) is 5.92 Å². The summed E-state index contributed by atoms with van der Waals surface area (Å²) in [5.74, 6) is 1.25. The van der Waals surface area contributed by atoms with E-state index in [4.69, 9.17) is 12.2 Å². The van der Waals surface area contributed by atoms with E-state index in [0.29, 0.717) is 15.6 Å². The first-order chi connectivity index (χ1) is 11.7. The normalized spacial score (nSPS) is 25.8. The van der Waals surface area contributed by atoms with E-state index in [2.05, 4.69) is 39.4 Å². The second-order valence-electron chi connectivity index (χ2n) is 6.41. The van der Waals surface area contributed by atoms with Crippen LogP contribution in [0.1, 0.15) is 31.2 Å². The van der Waals surface area contributed by atoms with Crippen LogP contribution in [0.2, 0.25) is 0 Å². The molecule has 2 atom stereocenters. The van der Waals surface area contributed by atoms with Crippen molar-refractivity contribution in [3.05, 3.63) is 39.8 Å². The van der Waals surface area contributed by atoms with Gasteiger partial charge >= 0.3 is 0 Å². The zero-order valence-corrected chi connectivity index (χ0v) is 15.7. The van der Waals surface area contributed by atoms with Gasteiger partial charge in [-0.2, -0.15) is 5.10 Å². The van der Waals surface area contributed by atoms with Crippen molar-refractivity contribution < 1.29 is 4.79 Å². The lowest BCUT2D eigenvalue weighted by Crippen LogP contribution is -2.67. The topological polar surface area (TPSA) is 49.0 Å². The molecular weight excluding hydrogens is 358 g/mol. The van der Waals surface area contributed by atoms with Gasteiger partial charge in [-0.1, -0.05) is 66.3 Å². The van der Waals surface area contributed by atoms with Crippen LogP contribution in [0.5, 0.6) is 0 Å². The van der Waals surface area contributed by atoms with Crippen LogP contribution >= 0.6 is 35.3 Å². The molecule has 2 unspecified atom stereocenters. The number of aromatic amines is 1. The molecule has 1 N–H and O–H groups in total. The third-order valence-electron chi connectivity index (χ3n) is 5.23. The standard InChI is InChI=1S/C17H19N3OS3/c21-14(11-23-16-19-18-15(22)24-16)20-10-13-8-4-5-9-17(13,20)12-6-2-1-3-7-12/h1-3,6-7,13H,4-5,8-11H2,(H,18,22). The van der Waals surface area contributed by atoms with Crippen molar-refractivity contribution in [1.82, 2.24) is 15.1 Å². The van der Waals surface area contributed by atoms with Crippen molar-refractivity contribution in [2.75, 3.05) is 12.3 Å². The van der Waals surface area contributed by atoms with Gasteiger partial charge in [0.1, 0.15) is 0 Å². The Balaban J connectivity index is 1.53. The minimum absolute atomic E-state index is 0.0741. The summed E-state index contributed by atoms with van der Waals surface area (Å²) in [6, 6.07) is 10.6. The van der Waals surface area contributed by atoms with Crippen LogP contribution in [-0.2, 0) is 10.3 Å². The van der Waals surface area contributed by atoms with E-state index in [1.807, 2.05) is 6.07 Å². The predicted octanol–water partition coefficient (Wildman–Crippen LogP) is 4.22. The van der Waals surface area contributed by atoms with E-state index < -0.39 is 0 Å². The number of amides is 1. The molecule has 2 fully saturated rings. The molecule has 1 amide bonds. The SMILES string of the molecule is O=C(CSc1n[nH]c(=S)s1)N1CC2CCCCC21c1ccccc1. The van der Waals surface area contributed by atoms with Crippen LogP contribution in [0, 0.1) is 9.87 Å². The number of hydrogen-bond acceptors (Lipinski definition) is 5. The molecule has 1 aromatic heterocycles. The maximum Gasteiger partial charge on any atom is 0.233 e. The Morgan fingerprint density at radius 2 is 2.25 bits per heavy atom. The van der Waals surface area contributed by atoms with Crippen molar-refractivity contribution in [3.63, 3.8) is 0 Å². The number of nitrogens with zero attached hydrogens (tertiary/aromatic N) is 2. The van der Waals surface area contributed by atoms with E-state index in [0.717, 1.165) is 17.3 Å². The Bertz CT molecular complexity index is 788. The summed E-state index contributed by atoms with van der Waals surface area (Å²) in [4.78, 5) is 15.0. The number of aromatic nitrogens is 2. The molecule has 7 heteroatoms. The van der Waals surface area contributed by atoms with Crippen molar-refractivity contribution in [3.8, 4) is 0 Å². The quantitative estimate of drug-likeness (QED) is 0.640. The van der Waals surface area contributed by atoms with Gasteiger partial charge in [-0.15, -0.1) is 0 Å². The average Bonchev–Trinajstić information content (AvgIpc) is 3.00. The molecule has 24 heavy (non-hydrogen) atoms. The highest BCUT2D eigenvalue weighted by atomic mass is 32.2. The summed E-state index contributed by atoms with van der Waals surface area (Å²) in [5.41, 5.74) is 1.23. The third kappa shape index (κ3) is 2.72. The van der Waals surface area contributed by atoms with E-state index in [1.165, 1.54) is 47.9 Å². The van der Waals surface area contributed by atoms with E-state index in [1.54, 1.807) is 0 Å². The zero-order valence-electron chi connectivity index (χ0n) is 13.2. The second-order valence-corrected chi connectivity index (χ2v) is 9.29. The second kappa shape index (κ2) is 6.61. The molecule has 1 aromatic carbocycles. The van der Waals surface area contributed by atoms with Gasteiger partial charge < -0.3 is 4.90 Å². The van der Waals surface area contributed by atoms with Crippen molar-refractivity contribution in [2.45, 2.75) is 35.6 Å². The summed E-state index contributed by atoms with van der Waals surface area (Å²) in [6.07, 6.45) is 4.79. The fraction of sp³-hybridized carbons (Fsp3) is 0.471. The molecule has 0 radical (unpaired) electrons. The lowest BCUT2D eigenvalue weighted by Gasteiger charge is -2.61. The van der Waals surface area contributed by atoms with Crippen molar-refractivity contribution in [1.29, 1.82) is 0 Å². The van der Waals surface area contributed by atoms with Gasteiger partial charge in [0.25, 0.3) is 0 Å². The van der Waals surface area contributed by atoms with Gasteiger partial charge in [0.15, 0.2) is 8.29 Å². The van der Waals surface area contributed by atoms with E-state index >= 15 is 0 Å². The number of H-pyrrole nitrogens is 1. The first-order valence-corrected chi connectivity index (χ1v) is 10.5. The van der Waals surface area contributed by atoms with Crippen LogP contribution in [0.15, 0.2) is 34.7 Å². The lowest BCUT2D eigenvalue weighted by molar-refractivity contribution is -0.163. The first-order valence-electron chi connectivity index (χ1n) is 8.24. The summed E-state index contributed by atoms with van der Waals surface area (Å²) in [6.45, 7) is 0.893. The van der Waals surface area contributed by atoms with Gasteiger partial charge in [-0.05, 0) is 30.6 Å². The Hall–Kier alpha value is -1.18. The lowest BCUT2D eigenvalue weighted by atomic mass is 9.61. The van der Waals surface area contributed by atoms with E-state index in [9.17, 15) is 4.79 Å². The van der Waals surface area contributed by atoms with Crippen LogP contribution in [0.3, 0.4) is 0 Å². The molecule has 0 spiro atoms. The summed E-state index contributed by atoms with van der Waals surface area (Å²) in [7, 11) is 0. The number of hydrogen-bond donors (Lipinski definition) is 1.